The van der Waals surface area contributed by atoms with Crippen LogP contribution in [0.2, 0.25) is 5.15 Å². The second-order valence-corrected chi connectivity index (χ2v) is 6.06. The van der Waals surface area contributed by atoms with Gasteiger partial charge in [-0.2, -0.15) is 0 Å². The third-order valence-electron chi connectivity index (χ3n) is 3.72. The van der Waals surface area contributed by atoms with Crippen LogP contribution in [0, 0.1) is 0 Å². The van der Waals surface area contributed by atoms with Crippen LogP contribution in [0.5, 0.6) is 0 Å². The van der Waals surface area contributed by atoms with Crippen LogP contribution in [0.1, 0.15) is 34.0 Å². The molecule has 0 fully saturated rings. The number of nitrogens with zero attached hydrogens (tertiary/aromatic N) is 1. The Hall–Kier alpha value is -2.68. The molecule has 0 spiro atoms. The van der Waals surface area contributed by atoms with Crippen molar-refractivity contribution in [1.29, 1.82) is 0 Å². The van der Waals surface area contributed by atoms with Gasteiger partial charge < -0.3 is 25.4 Å². The van der Waals surface area contributed by atoms with E-state index in [-0.39, 0.29) is 35.9 Å². The van der Waals surface area contributed by atoms with Crippen LogP contribution in [0.15, 0.2) is 42.6 Å². The summed E-state index contributed by atoms with van der Waals surface area (Å²) in [4.78, 5) is 26.3. The quantitative estimate of drug-likeness (QED) is 0.505. The molecule has 1 heterocycles. The second-order valence-electron chi connectivity index (χ2n) is 5.70. The Morgan fingerprint density at radius 2 is 1.93 bits per heavy atom. The van der Waals surface area contributed by atoms with Gasteiger partial charge in [-0.25, -0.2) is 14.6 Å². The summed E-state index contributed by atoms with van der Waals surface area (Å²) in [5.41, 5.74) is 0.669. The Bertz CT molecular complexity index is 787. The first-order valence-electron chi connectivity index (χ1n) is 8.08. The lowest BCUT2D eigenvalue weighted by Crippen LogP contribution is -2.30. The van der Waals surface area contributed by atoms with Crippen molar-refractivity contribution in [2.75, 3.05) is 6.54 Å². The average molecular weight is 395 g/mol. The maximum absolute atomic E-state index is 11.6. The maximum Gasteiger partial charge on any atom is 0.407 e. The minimum absolute atomic E-state index is 0.00396. The van der Waals surface area contributed by atoms with Crippen LogP contribution >= 0.6 is 11.6 Å². The number of aliphatic hydroxyl groups is 2. The minimum atomic E-state index is -1.45. The number of alkyl carbamates (subject to hydrolysis) is 1. The number of hydrogen-bond acceptors (Lipinski definition) is 6. The first kappa shape index (κ1) is 20.6. The highest BCUT2D eigenvalue weighted by molar-refractivity contribution is 6.30. The third-order valence-corrected chi connectivity index (χ3v) is 4.03. The van der Waals surface area contributed by atoms with Crippen LogP contribution in [0.3, 0.4) is 0 Å². The van der Waals surface area contributed by atoms with Crippen molar-refractivity contribution in [1.82, 2.24) is 10.3 Å². The summed E-state index contributed by atoms with van der Waals surface area (Å²) in [6, 6.07) is 10.3. The number of ether oxygens (including phenoxy) is 1. The number of hydrogen-bond donors (Lipinski definition) is 4. The van der Waals surface area contributed by atoms with Crippen LogP contribution < -0.4 is 5.32 Å². The van der Waals surface area contributed by atoms with Crippen molar-refractivity contribution >= 4 is 23.7 Å². The zero-order valence-corrected chi connectivity index (χ0v) is 15.0. The van der Waals surface area contributed by atoms with Crippen molar-refractivity contribution < 1.29 is 29.6 Å². The highest BCUT2D eigenvalue weighted by atomic mass is 35.5. The van der Waals surface area contributed by atoms with Gasteiger partial charge in [-0.15, -0.1) is 0 Å². The zero-order chi connectivity index (χ0) is 19.8. The smallest absolute Gasteiger partial charge is 0.407 e. The molecule has 27 heavy (non-hydrogen) atoms. The summed E-state index contributed by atoms with van der Waals surface area (Å²) in [7, 11) is 0. The Balaban J connectivity index is 1.81. The summed E-state index contributed by atoms with van der Waals surface area (Å²) < 4.78 is 5.03. The summed E-state index contributed by atoms with van der Waals surface area (Å²) in [5, 5.41) is 31.6. The van der Waals surface area contributed by atoms with E-state index >= 15 is 0 Å². The first-order chi connectivity index (χ1) is 12.9. The molecular formula is C18H19ClN2O6. The van der Waals surface area contributed by atoms with E-state index in [1.165, 1.54) is 0 Å². The molecule has 8 nitrogen and oxygen atoms in total. The molecular weight excluding hydrogens is 376 g/mol. The molecule has 2 rings (SSSR count). The molecule has 9 heteroatoms. The lowest BCUT2D eigenvalue weighted by Gasteiger charge is -2.19. The molecule has 2 aromatic rings. The van der Waals surface area contributed by atoms with Crippen molar-refractivity contribution in [3.63, 3.8) is 0 Å². The topological polar surface area (TPSA) is 129 Å². The molecule has 0 radical (unpaired) electrons. The van der Waals surface area contributed by atoms with Crippen LogP contribution in [-0.2, 0) is 11.3 Å². The molecule has 1 aromatic carbocycles. The van der Waals surface area contributed by atoms with E-state index in [1.807, 2.05) is 30.3 Å². The molecule has 1 amide bonds. The normalized spacial score (nSPS) is 12.9. The number of aliphatic hydroxyl groups excluding tert-OH is 2. The number of carbonyl (C=O) groups excluding carboxylic acids is 1. The summed E-state index contributed by atoms with van der Waals surface area (Å²) in [5.74, 6) is -1.23. The van der Waals surface area contributed by atoms with Crippen LogP contribution in [0.25, 0.3) is 0 Å². The molecule has 0 aliphatic carbocycles. The van der Waals surface area contributed by atoms with E-state index < -0.39 is 24.3 Å². The number of aromatic carboxylic acids is 1. The van der Waals surface area contributed by atoms with Crippen LogP contribution in [-0.4, -0.2) is 45.0 Å². The Kier molecular flexibility index (Phi) is 7.54. The van der Waals surface area contributed by atoms with E-state index in [4.69, 9.17) is 21.4 Å². The second kappa shape index (κ2) is 9.86. The van der Waals surface area contributed by atoms with E-state index in [1.54, 1.807) is 0 Å². The molecule has 0 aliphatic heterocycles. The van der Waals surface area contributed by atoms with E-state index in [0.717, 1.165) is 17.8 Å². The Morgan fingerprint density at radius 3 is 2.59 bits per heavy atom. The number of rotatable bonds is 8. The Morgan fingerprint density at radius 1 is 1.22 bits per heavy atom. The fraction of sp³-hybridized carbons (Fsp3) is 0.278. The monoisotopic (exact) mass is 394 g/mol. The maximum atomic E-state index is 11.6. The number of carboxylic acid groups (broad SMARTS) is 1. The standard InChI is InChI=1S/C18H19ClN2O6/c19-16-13(8-12(9-21-16)17(24)25)15(23)14(22)6-7-20-18(26)27-10-11-4-2-1-3-5-11/h1-5,8-9,14-15,22-23H,6-7,10H2,(H,20,26)(H,24,25). The fourth-order valence-corrected chi connectivity index (χ4v) is 2.47. The minimum Gasteiger partial charge on any atom is -0.478 e. The van der Waals surface area contributed by atoms with E-state index in [0.29, 0.717) is 0 Å². The van der Waals surface area contributed by atoms with E-state index in [9.17, 15) is 19.8 Å². The van der Waals surface area contributed by atoms with Crippen LogP contribution in [0.4, 0.5) is 4.79 Å². The summed E-state index contributed by atoms with van der Waals surface area (Å²) >= 11 is 5.86. The average Bonchev–Trinajstić information content (AvgIpc) is 2.66. The number of benzene rings is 1. The number of amides is 1. The van der Waals surface area contributed by atoms with Gasteiger partial charge in [0.15, 0.2) is 0 Å². The SMILES string of the molecule is O=C(NCCC(O)C(O)c1cc(C(=O)O)cnc1Cl)OCc1ccccc1. The highest BCUT2D eigenvalue weighted by Crippen LogP contribution is 2.25. The molecule has 2 atom stereocenters. The van der Waals surface area contributed by atoms with Gasteiger partial charge in [-0.3, -0.25) is 0 Å². The van der Waals surface area contributed by atoms with Crippen molar-refractivity contribution in [3.8, 4) is 0 Å². The number of carbonyl (C=O) groups is 2. The lowest BCUT2D eigenvalue weighted by molar-refractivity contribution is 0.0134. The molecule has 0 saturated carbocycles. The van der Waals surface area contributed by atoms with Crippen molar-refractivity contribution in [3.05, 3.63) is 64.4 Å². The lowest BCUT2D eigenvalue weighted by atomic mass is 10.0. The van der Waals surface area contributed by atoms with Gasteiger partial charge in [0.05, 0.1) is 11.7 Å². The molecule has 1 aromatic heterocycles. The molecule has 2 unspecified atom stereocenters. The summed E-state index contributed by atoms with van der Waals surface area (Å²) in [6.07, 6.45) is -2.35. The predicted octanol–water partition coefficient (Wildman–Crippen LogP) is 2.14. The number of aromatic nitrogens is 1. The molecule has 0 aliphatic rings. The molecule has 144 valence electrons. The number of halogens is 1. The first-order valence-corrected chi connectivity index (χ1v) is 8.45. The molecule has 0 saturated heterocycles. The van der Waals surface area contributed by atoms with Gasteiger partial charge in [0.25, 0.3) is 0 Å². The third kappa shape index (κ3) is 6.21. The van der Waals surface area contributed by atoms with Crippen molar-refractivity contribution in [2.24, 2.45) is 0 Å². The molecule has 4 N–H and O–H groups in total. The number of nitrogens with one attached hydrogen (secondary N) is 1. The highest BCUT2D eigenvalue weighted by Gasteiger charge is 2.23. The zero-order valence-electron chi connectivity index (χ0n) is 14.2. The van der Waals surface area contributed by atoms with Gasteiger partial charge in [-0.05, 0) is 18.1 Å². The van der Waals surface area contributed by atoms with Gasteiger partial charge in [0, 0.05) is 18.3 Å². The largest absolute Gasteiger partial charge is 0.478 e. The van der Waals surface area contributed by atoms with Gasteiger partial charge in [-0.1, -0.05) is 41.9 Å². The van der Waals surface area contributed by atoms with Gasteiger partial charge in [0.1, 0.15) is 17.9 Å². The summed E-state index contributed by atoms with van der Waals surface area (Å²) in [6.45, 7) is 0.149. The van der Waals surface area contributed by atoms with Crippen molar-refractivity contribution in [2.45, 2.75) is 25.2 Å². The van der Waals surface area contributed by atoms with Gasteiger partial charge in [0.2, 0.25) is 0 Å². The number of carboxylic acids is 1. The Labute approximate surface area is 160 Å². The predicted molar refractivity (Wildman–Crippen MR) is 96.4 cm³/mol. The molecule has 0 bridgehead atoms. The van der Waals surface area contributed by atoms with E-state index in [2.05, 4.69) is 10.3 Å². The van der Waals surface area contributed by atoms with Gasteiger partial charge >= 0.3 is 12.1 Å². The fourth-order valence-electron chi connectivity index (χ4n) is 2.25. The number of pyridine rings is 1.